The fraction of sp³-hybridized carbons (Fsp3) is 0.500. The largest absolute Gasteiger partial charge is 0.504 e. The van der Waals surface area contributed by atoms with Gasteiger partial charge in [-0.1, -0.05) is 26.0 Å². The molecule has 0 unspecified atom stereocenters. The third-order valence-corrected chi connectivity index (χ3v) is 5.96. The Balaban J connectivity index is 1.91. The molecule has 180 valence electrons. The van der Waals surface area contributed by atoms with Gasteiger partial charge in [0.1, 0.15) is 13.3 Å². The van der Waals surface area contributed by atoms with Crippen LogP contribution in [0.4, 0.5) is 4.39 Å². The molecule has 2 aromatic rings. The Morgan fingerprint density at radius 3 is 2.39 bits per heavy atom. The molecular formula is C26H35FN2O4. The van der Waals surface area contributed by atoms with Crippen LogP contribution in [0.3, 0.4) is 0 Å². The second-order valence-electron chi connectivity index (χ2n) is 8.25. The van der Waals surface area contributed by atoms with Crippen LogP contribution in [0.15, 0.2) is 36.4 Å². The summed E-state index contributed by atoms with van der Waals surface area (Å²) in [4.78, 5) is 0. The zero-order valence-corrected chi connectivity index (χ0v) is 20.0. The molecule has 0 heterocycles. The number of nitrogens with one attached hydrogen (secondary N) is 1. The van der Waals surface area contributed by atoms with Gasteiger partial charge in [-0.15, -0.1) is 0 Å². The zero-order valence-electron chi connectivity index (χ0n) is 20.0. The van der Waals surface area contributed by atoms with Crippen molar-refractivity contribution < 1.29 is 23.7 Å². The van der Waals surface area contributed by atoms with Crippen molar-refractivity contribution in [3.05, 3.63) is 47.5 Å². The van der Waals surface area contributed by atoms with Crippen molar-refractivity contribution in [1.29, 1.82) is 5.26 Å². The predicted octanol–water partition coefficient (Wildman–Crippen LogP) is 4.79. The average molecular weight is 459 g/mol. The molecule has 0 fully saturated rings. The second kappa shape index (κ2) is 12.9. The first kappa shape index (κ1) is 26.3. The van der Waals surface area contributed by atoms with Gasteiger partial charge >= 0.3 is 0 Å². The van der Waals surface area contributed by atoms with Crippen molar-refractivity contribution in [3.8, 4) is 29.1 Å². The molecule has 2 N–H and O–H groups in total. The van der Waals surface area contributed by atoms with Gasteiger partial charge in [-0.05, 0) is 73.7 Å². The van der Waals surface area contributed by atoms with Crippen LogP contribution in [0, 0.1) is 17.2 Å². The van der Waals surface area contributed by atoms with Crippen LogP contribution < -0.4 is 19.5 Å². The minimum absolute atomic E-state index is 0.0200. The van der Waals surface area contributed by atoms with Gasteiger partial charge in [-0.3, -0.25) is 0 Å². The van der Waals surface area contributed by atoms with E-state index in [9.17, 15) is 14.8 Å². The molecule has 1 atom stereocenters. The van der Waals surface area contributed by atoms with Gasteiger partial charge in [0.15, 0.2) is 23.0 Å². The van der Waals surface area contributed by atoms with E-state index in [0.717, 1.165) is 37.1 Å². The van der Waals surface area contributed by atoms with Crippen molar-refractivity contribution in [2.45, 2.75) is 38.5 Å². The third kappa shape index (κ3) is 6.75. The molecule has 33 heavy (non-hydrogen) atoms. The van der Waals surface area contributed by atoms with Crippen LogP contribution in [0.2, 0.25) is 0 Å². The molecule has 0 aliphatic rings. The Hall–Kier alpha value is -2.98. The highest BCUT2D eigenvalue weighted by Crippen LogP contribution is 2.40. The number of halogens is 1. The van der Waals surface area contributed by atoms with E-state index in [2.05, 4.69) is 25.2 Å². The molecule has 0 spiro atoms. The molecule has 6 nitrogen and oxygen atoms in total. The van der Waals surface area contributed by atoms with Crippen LogP contribution in [-0.4, -0.2) is 45.7 Å². The summed E-state index contributed by atoms with van der Waals surface area (Å²) in [5.74, 6) is 1.71. The maximum absolute atomic E-state index is 12.2. The normalized spacial score (nSPS) is 12.8. The predicted molar refractivity (Wildman–Crippen MR) is 127 cm³/mol. The fourth-order valence-electron chi connectivity index (χ4n) is 3.97. The molecule has 2 rings (SSSR count). The van der Waals surface area contributed by atoms with Gasteiger partial charge in [0, 0.05) is 0 Å². The minimum Gasteiger partial charge on any atom is -0.504 e. The summed E-state index contributed by atoms with van der Waals surface area (Å²) in [6.45, 7) is 4.98. The number of alkyl halides is 1. The van der Waals surface area contributed by atoms with Crippen molar-refractivity contribution in [2.24, 2.45) is 5.92 Å². The van der Waals surface area contributed by atoms with Gasteiger partial charge < -0.3 is 24.6 Å². The smallest absolute Gasteiger partial charge is 0.161 e. The number of aromatic hydroxyl groups is 1. The number of ether oxygens (including phenoxy) is 3. The van der Waals surface area contributed by atoms with Crippen molar-refractivity contribution in [3.63, 3.8) is 0 Å². The van der Waals surface area contributed by atoms with E-state index in [-0.39, 0.29) is 18.3 Å². The van der Waals surface area contributed by atoms with Crippen LogP contribution >= 0.6 is 0 Å². The highest BCUT2D eigenvalue weighted by Gasteiger charge is 2.36. The van der Waals surface area contributed by atoms with E-state index in [0.29, 0.717) is 23.7 Å². The summed E-state index contributed by atoms with van der Waals surface area (Å²) in [7, 11) is 3.19. The molecule has 0 aliphatic carbocycles. The molecule has 0 radical (unpaired) electrons. The quantitative estimate of drug-likeness (QED) is 0.396. The van der Waals surface area contributed by atoms with Crippen molar-refractivity contribution in [1.82, 2.24) is 5.32 Å². The number of benzene rings is 2. The molecule has 0 saturated carbocycles. The lowest BCUT2D eigenvalue weighted by molar-refractivity contribution is 0.262. The van der Waals surface area contributed by atoms with Crippen LogP contribution in [0.5, 0.6) is 23.0 Å². The number of phenols is 1. The molecule has 2 aromatic carbocycles. The molecular weight excluding hydrogens is 423 g/mol. The van der Waals surface area contributed by atoms with Crippen LogP contribution in [0.25, 0.3) is 0 Å². The summed E-state index contributed by atoms with van der Waals surface area (Å²) in [6.07, 6.45) is 2.28. The minimum atomic E-state index is -0.623. The standard InChI is InChI=1S/C26H35FN2O4/c1-19(2)26(18-28,21-7-9-24(31-3)25(17-21)32-4)11-5-13-29-14-10-20-6-8-23(22(30)16-20)33-15-12-27/h6-9,16-17,19,29-30H,5,10-15H2,1-4H3/t26-/m1/s1. The van der Waals surface area contributed by atoms with Gasteiger partial charge in [-0.2, -0.15) is 5.26 Å². The SMILES string of the molecule is COc1ccc([C@@](C#N)(CCCNCCc2ccc(OCCF)c(O)c2)C(C)C)cc1OC. The number of methoxy groups -OCH3 is 2. The maximum Gasteiger partial charge on any atom is 0.161 e. The molecule has 0 amide bonds. The lowest BCUT2D eigenvalue weighted by atomic mass is 9.70. The average Bonchev–Trinajstić information content (AvgIpc) is 2.82. The van der Waals surface area contributed by atoms with E-state index in [1.165, 1.54) is 0 Å². The zero-order chi connectivity index (χ0) is 24.3. The fourth-order valence-corrected chi connectivity index (χ4v) is 3.97. The Kier molecular flexibility index (Phi) is 10.3. The molecule has 0 bridgehead atoms. The van der Waals surface area contributed by atoms with Gasteiger partial charge in [0.05, 0.1) is 25.7 Å². The van der Waals surface area contributed by atoms with E-state index < -0.39 is 12.1 Å². The lowest BCUT2D eigenvalue weighted by Crippen LogP contribution is -2.32. The first-order chi connectivity index (χ1) is 15.9. The van der Waals surface area contributed by atoms with E-state index >= 15 is 0 Å². The highest BCUT2D eigenvalue weighted by molar-refractivity contribution is 5.47. The van der Waals surface area contributed by atoms with Crippen LogP contribution in [-0.2, 0) is 11.8 Å². The molecule has 0 saturated heterocycles. The first-order valence-electron chi connectivity index (χ1n) is 11.3. The Morgan fingerprint density at radius 1 is 1.06 bits per heavy atom. The summed E-state index contributed by atoms with van der Waals surface area (Å²) in [5, 5.41) is 23.6. The number of rotatable bonds is 14. The monoisotopic (exact) mass is 458 g/mol. The maximum atomic E-state index is 12.2. The summed E-state index contributed by atoms with van der Waals surface area (Å²) in [5.41, 5.74) is 1.28. The van der Waals surface area contributed by atoms with E-state index in [4.69, 9.17) is 14.2 Å². The molecule has 7 heteroatoms. The summed E-state index contributed by atoms with van der Waals surface area (Å²) >= 11 is 0. The second-order valence-corrected chi connectivity index (χ2v) is 8.25. The Labute approximate surface area is 196 Å². The van der Waals surface area contributed by atoms with Gasteiger partial charge in [0.2, 0.25) is 0 Å². The number of hydrogen-bond donors (Lipinski definition) is 2. The number of hydrogen-bond acceptors (Lipinski definition) is 6. The lowest BCUT2D eigenvalue weighted by Gasteiger charge is -2.32. The molecule has 0 aromatic heterocycles. The number of nitrogens with zero attached hydrogens (tertiary/aromatic N) is 1. The highest BCUT2D eigenvalue weighted by atomic mass is 19.1. The third-order valence-electron chi connectivity index (χ3n) is 5.96. The first-order valence-corrected chi connectivity index (χ1v) is 11.3. The Bertz CT molecular complexity index is 929. The number of nitriles is 1. The van der Waals surface area contributed by atoms with Gasteiger partial charge in [-0.25, -0.2) is 4.39 Å². The van der Waals surface area contributed by atoms with Gasteiger partial charge in [0.25, 0.3) is 0 Å². The van der Waals surface area contributed by atoms with Crippen molar-refractivity contribution >= 4 is 0 Å². The number of phenolic OH excluding ortho intramolecular Hbond substituents is 1. The van der Waals surface area contributed by atoms with E-state index in [1.807, 2.05) is 24.3 Å². The van der Waals surface area contributed by atoms with Crippen LogP contribution in [0.1, 0.15) is 37.8 Å². The topological polar surface area (TPSA) is 83.7 Å². The summed E-state index contributed by atoms with van der Waals surface area (Å²) in [6, 6.07) is 13.5. The van der Waals surface area contributed by atoms with Crippen molar-refractivity contribution in [2.75, 3.05) is 40.6 Å². The molecule has 0 aliphatic heterocycles. The summed E-state index contributed by atoms with van der Waals surface area (Å²) < 4.78 is 28.1. The Morgan fingerprint density at radius 2 is 1.79 bits per heavy atom. The van der Waals surface area contributed by atoms with E-state index in [1.54, 1.807) is 26.4 Å².